The van der Waals surface area contributed by atoms with Crippen LogP contribution in [0, 0.1) is 0 Å². The number of methoxy groups -OCH3 is 1. The molecule has 0 saturated carbocycles. The Morgan fingerprint density at radius 3 is 2.79 bits per heavy atom. The number of unbranched alkanes of at least 4 members (excludes halogenated alkanes) is 2. The number of nitrogens with zero attached hydrogens (tertiary/aromatic N) is 3. The molecule has 0 amide bonds. The molecule has 0 atom stereocenters. The maximum absolute atomic E-state index is 12.6. The molecule has 0 radical (unpaired) electrons. The summed E-state index contributed by atoms with van der Waals surface area (Å²) in [4.78, 5) is 20.7. The lowest BCUT2D eigenvalue weighted by Gasteiger charge is -2.22. The van der Waals surface area contributed by atoms with Crippen molar-refractivity contribution in [3.8, 4) is 22.9 Å². The highest BCUT2D eigenvalue weighted by Crippen LogP contribution is 2.32. The number of benzene rings is 1. The number of aliphatic imine (C=N–C) groups is 1. The lowest BCUT2D eigenvalue weighted by atomic mass is 9.97. The molecule has 0 unspecified atom stereocenters. The van der Waals surface area contributed by atoms with Crippen LogP contribution in [0.3, 0.4) is 0 Å². The van der Waals surface area contributed by atoms with Crippen LogP contribution in [0.15, 0.2) is 46.9 Å². The maximum Gasteiger partial charge on any atom is 0.351 e. The summed E-state index contributed by atoms with van der Waals surface area (Å²) < 4.78 is 28.9. The largest absolute Gasteiger partial charge is 0.484 e. The molecule has 1 aliphatic heterocycles. The number of hydrogen-bond donors (Lipinski definition) is 0. The van der Waals surface area contributed by atoms with Crippen LogP contribution < -0.4 is 15.2 Å². The minimum atomic E-state index is -0.296. The van der Waals surface area contributed by atoms with Gasteiger partial charge in [0.05, 0.1) is 31.8 Å². The second kappa shape index (κ2) is 13.5. The average Bonchev–Trinajstić information content (AvgIpc) is 2.85. The van der Waals surface area contributed by atoms with E-state index in [0.717, 1.165) is 36.1 Å². The van der Waals surface area contributed by atoms with Crippen molar-refractivity contribution in [1.29, 1.82) is 0 Å². The fourth-order valence-electron chi connectivity index (χ4n) is 3.64. The highest BCUT2D eigenvalue weighted by Gasteiger charge is 2.20. The SMILES string of the molecule is C=CO/C(COc1ccc2c(c1)CCn1c-2cc(OCCCCCOCCOC)nc1=O)=N\C. The van der Waals surface area contributed by atoms with Crippen LogP contribution in [0.25, 0.3) is 11.3 Å². The first-order valence-electron chi connectivity index (χ1n) is 11.5. The molecule has 0 bridgehead atoms. The van der Waals surface area contributed by atoms with Crippen molar-refractivity contribution in [3.63, 3.8) is 0 Å². The first-order valence-corrected chi connectivity index (χ1v) is 11.5. The van der Waals surface area contributed by atoms with Gasteiger partial charge in [0, 0.05) is 38.9 Å². The second-order valence-electron chi connectivity index (χ2n) is 7.69. The lowest BCUT2D eigenvalue weighted by Crippen LogP contribution is -2.28. The van der Waals surface area contributed by atoms with Gasteiger partial charge >= 0.3 is 5.69 Å². The monoisotopic (exact) mass is 471 g/mol. The fourth-order valence-corrected chi connectivity index (χ4v) is 3.64. The summed E-state index contributed by atoms with van der Waals surface area (Å²) in [7, 11) is 3.29. The van der Waals surface area contributed by atoms with E-state index in [9.17, 15) is 4.79 Å². The number of rotatable bonds is 14. The van der Waals surface area contributed by atoms with Crippen molar-refractivity contribution in [3.05, 3.63) is 53.2 Å². The Labute approximate surface area is 200 Å². The molecule has 9 heteroatoms. The first kappa shape index (κ1) is 25.5. The molecule has 184 valence electrons. The summed E-state index contributed by atoms with van der Waals surface area (Å²) in [5.41, 5.74) is 2.58. The molecule has 34 heavy (non-hydrogen) atoms. The van der Waals surface area contributed by atoms with Gasteiger partial charge in [-0.25, -0.2) is 4.79 Å². The van der Waals surface area contributed by atoms with Crippen molar-refractivity contribution in [2.75, 3.05) is 47.2 Å². The summed E-state index contributed by atoms with van der Waals surface area (Å²) in [5, 5.41) is 0. The molecule has 0 fully saturated rings. The number of fused-ring (bicyclic) bond motifs is 3. The van der Waals surface area contributed by atoms with Crippen LogP contribution in [-0.4, -0.2) is 62.6 Å². The van der Waals surface area contributed by atoms with E-state index in [1.807, 2.05) is 24.3 Å². The van der Waals surface area contributed by atoms with Crippen LogP contribution in [-0.2, 0) is 27.2 Å². The van der Waals surface area contributed by atoms with Crippen LogP contribution >= 0.6 is 0 Å². The van der Waals surface area contributed by atoms with Gasteiger partial charge in [-0.2, -0.15) is 4.98 Å². The molecule has 2 heterocycles. The average molecular weight is 472 g/mol. The summed E-state index contributed by atoms with van der Waals surface area (Å²) in [6, 6.07) is 7.66. The summed E-state index contributed by atoms with van der Waals surface area (Å²) >= 11 is 0. The van der Waals surface area contributed by atoms with E-state index in [1.54, 1.807) is 18.7 Å². The van der Waals surface area contributed by atoms with Gasteiger partial charge in [-0.05, 0) is 49.4 Å². The Balaban J connectivity index is 1.58. The Morgan fingerprint density at radius 1 is 1.15 bits per heavy atom. The molecule has 1 aromatic carbocycles. The van der Waals surface area contributed by atoms with Gasteiger partial charge in [0.15, 0.2) is 6.61 Å². The van der Waals surface area contributed by atoms with E-state index < -0.39 is 0 Å². The van der Waals surface area contributed by atoms with Gasteiger partial charge in [0.2, 0.25) is 11.8 Å². The topological polar surface area (TPSA) is 93.4 Å². The second-order valence-corrected chi connectivity index (χ2v) is 7.69. The minimum absolute atomic E-state index is 0.207. The normalized spacial score (nSPS) is 12.6. The molecule has 0 saturated heterocycles. The van der Waals surface area contributed by atoms with Gasteiger partial charge in [-0.15, -0.1) is 0 Å². The molecular weight excluding hydrogens is 438 g/mol. The van der Waals surface area contributed by atoms with E-state index in [2.05, 4.69) is 16.6 Å². The van der Waals surface area contributed by atoms with Gasteiger partial charge in [-0.3, -0.25) is 9.56 Å². The van der Waals surface area contributed by atoms with Gasteiger partial charge in [0.25, 0.3) is 0 Å². The Hall–Kier alpha value is -3.17. The van der Waals surface area contributed by atoms with Gasteiger partial charge in [0.1, 0.15) is 5.75 Å². The maximum atomic E-state index is 12.6. The zero-order valence-corrected chi connectivity index (χ0v) is 20.0. The molecule has 2 aromatic rings. The molecule has 3 rings (SSSR count). The van der Waals surface area contributed by atoms with Crippen LogP contribution in [0.4, 0.5) is 0 Å². The zero-order valence-electron chi connectivity index (χ0n) is 20.0. The molecule has 0 aliphatic carbocycles. The fraction of sp³-hybridized carbons (Fsp3) is 0.480. The lowest BCUT2D eigenvalue weighted by molar-refractivity contribution is 0.0682. The third kappa shape index (κ3) is 7.16. The Bertz CT molecular complexity index is 1030. The number of hydrogen-bond acceptors (Lipinski definition) is 8. The molecule has 1 aromatic heterocycles. The van der Waals surface area contributed by atoms with Crippen LogP contribution in [0.1, 0.15) is 24.8 Å². The van der Waals surface area contributed by atoms with Crippen molar-refractivity contribution >= 4 is 5.90 Å². The predicted molar refractivity (Wildman–Crippen MR) is 130 cm³/mol. The van der Waals surface area contributed by atoms with E-state index in [-0.39, 0.29) is 12.3 Å². The van der Waals surface area contributed by atoms with Gasteiger partial charge < -0.3 is 23.7 Å². The third-order valence-electron chi connectivity index (χ3n) is 5.39. The number of aryl methyl sites for hydroxylation is 1. The third-order valence-corrected chi connectivity index (χ3v) is 5.39. The van der Waals surface area contributed by atoms with Crippen molar-refractivity contribution < 1.29 is 23.7 Å². The molecule has 0 N–H and O–H groups in total. The molecule has 0 spiro atoms. The molecule has 1 aliphatic rings. The van der Waals surface area contributed by atoms with E-state index in [4.69, 9.17) is 23.7 Å². The molecule has 9 nitrogen and oxygen atoms in total. The standard InChI is InChI=1S/C25H33N3O6/c1-4-32-24(26-2)18-34-20-8-9-21-19(16-20)10-11-28-22(21)17-23(27-25(28)29)33-13-7-5-6-12-31-15-14-30-3/h4,8-9,16-17H,1,5-7,10-15,18H2,2-3H3/b26-24-. The van der Waals surface area contributed by atoms with E-state index in [0.29, 0.717) is 56.9 Å². The highest BCUT2D eigenvalue weighted by atomic mass is 16.5. The predicted octanol–water partition coefficient (Wildman–Crippen LogP) is 3.25. The Kier molecular flexibility index (Phi) is 10.1. The highest BCUT2D eigenvalue weighted by molar-refractivity contribution is 5.78. The number of aromatic nitrogens is 2. The number of ether oxygens (including phenoxy) is 5. The van der Waals surface area contributed by atoms with Crippen molar-refractivity contribution in [2.45, 2.75) is 32.2 Å². The summed E-state index contributed by atoms with van der Waals surface area (Å²) in [6.45, 7) is 6.73. The van der Waals surface area contributed by atoms with Crippen molar-refractivity contribution in [1.82, 2.24) is 9.55 Å². The summed E-state index contributed by atoms with van der Waals surface area (Å²) in [5.74, 6) is 1.50. The van der Waals surface area contributed by atoms with Crippen LogP contribution in [0.5, 0.6) is 11.6 Å². The van der Waals surface area contributed by atoms with E-state index in [1.165, 1.54) is 6.26 Å². The molecular formula is C25H33N3O6. The van der Waals surface area contributed by atoms with Crippen LogP contribution in [0.2, 0.25) is 0 Å². The van der Waals surface area contributed by atoms with Crippen molar-refractivity contribution in [2.24, 2.45) is 4.99 Å². The Morgan fingerprint density at radius 2 is 2.00 bits per heavy atom. The smallest absolute Gasteiger partial charge is 0.351 e. The minimum Gasteiger partial charge on any atom is -0.484 e. The van der Waals surface area contributed by atoms with Gasteiger partial charge in [-0.1, -0.05) is 6.58 Å². The van der Waals surface area contributed by atoms with E-state index >= 15 is 0 Å². The zero-order chi connectivity index (χ0) is 24.2. The first-order chi connectivity index (χ1) is 16.7. The summed E-state index contributed by atoms with van der Waals surface area (Å²) in [6.07, 6.45) is 4.83. The quantitative estimate of drug-likeness (QED) is 0.181.